The molecule has 0 aliphatic carbocycles. The van der Waals surface area contributed by atoms with E-state index in [1.54, 1.807) is 18.2 Å². The van der Waals surface area contributed by atoms with Crippen molar-refractivity contribution >= 4 is 34.8 Å². The molecule has 8 heteroatoms. The van der Waals surface area contributed by atoms with E-state index in [2.05, 4.69) is 10.6 Å². The van der Waals surface area contributed by atoms with Crippen LogP contribution in [0.3, 0.4) is 0 Å². The molecule has 3 aromatic carbocycles. The summed E-state index contributed by atoms with van der Waals surface area (Å²) in [5, 5.41) is 5.96. The zero-order chi connectivity index (χ0) is 22.2. The summed E-state index contributed by atoms with van der Waals surface area (Å²) in [7, 11) is 0. The molecule has 31 heavy (non-hydrogen) atoms. The molecule has 0 fully saturated rings. The summed E-state index contributed by atoms with van der Waals surface area (Å²) in [4.78, 5) is 25.7. The van der Waals surface area contributed by atoms with Gasteiger partial charge in [-0.05, 0) is 60.7 Å². The third-order valence-electron chi connectivity index (χ3n) is 4.42. The van der Waals surface area contributed by atoms with Crippen LogP contribution in [0.4, 0.5) is 20.2 Å². The van der Waals surface area contributed by atoms with Gasteiger partial charge in [0.25, 0.3) is 11.8 Å². The standard InChI is InChI=1S/C23H20ClF2N3O2/c24-17-3-1-2-16(12-17)13-29(14-22(30)27-20-8-4-18(25)5-9-20)15-23(31)28-21-10-6-19(26)7-11-21/h1-12H,13-15H2,(H,27,30)(H,28,31)/p+1. The van der Waals surface area contributed by atoms with Gasteiger partial charge in [-0.2, -0.15) is 0 Å². The summed E-state index contributed by atoms with van der Waals surface area (Å²) in [6.07, 6.45) is 0. The number of anilines is 2. The number of halogens is 3. The fraction of sp³-hybridized carbons (Fsp3) is 0.130. The van der Waals surface area contributed by atoms with Gasteiger partial charge in [-0.3, -0.25) is 9.59 Å². The monoisotopic (exact) mass is 444 g/mol. The Morgan fingerprint density at radius 1 is 0.774 bits per heavy atom. The first-order valence-electron chi connectivity index (χ1n) is 9.56. The van der Waals surface area contributed by atoms with Crippen molar-refractivity contribution in [2.75, 3.05) is 23.7 Å². The predicted octanol–water partition coefficient (Wildman–Crippen LogP) is 3.28. The van der Waals surface area contributed by atoms with Crippen molar-refractivity contribution in [1.82, 2.24) is 0 Å². The van der Waals surface area contributed by atoms with Crippen molar-refractivity contribution in [3.05, 3.63) is 95.0 Å². The lowest BCUT2D eigenvalue weighted by Crippen LogP contribution is -3.12. The Bertz CT molecular complexity index is 982. The van der Waals surface area contributed by atoms with E-state index in [0.717, 1.165) is 5.56 Å². The maximum atomic E-state index is 13.1. The molecule has 3 rings (SSSR count). The molecule has 0 saturated carbocycles. The van der Waals surface area contributed by atoms with Crippen LogP contribution in [0.5, 0.6) is 0 Å². The summed E-state index contributed by atoms with van der Waals surface area (Å²) < 4.78 is 26.1. The third-order valence-corrected chi connectivity index (χ3v) is 4.66. The molecule has 0 saturated heterocycles. The van der Waals surface area contributed by atoms with Gasteiger partial charge in [0.05, 0.1) is 0 Å². The molecule has 0 aliphatic heterocycles. The van der Waals surface area contributed by atoms with Crippen LogP contribution in [0, 0.1) is 11.6 Å². The molecule has 160 valence electrons. The molecule has 0 spiro atoms. The van der Waals surface area contributed by atoms with Crippen molar-refractivity contribution in [2.45, 2.75) is 6.54 Å². The first-order chi connectivity index (χ1) is 14.9. The number of hydrogen-bond donors (Lipinski definition) is 3. The van der Waals surface area contributed by atoms with Crippen LogP contribution < -0.4 is 15.5 Å². The minimum atomic E-state index is -0.399. The zero-order valence-corrected chi connectivity index (χ0v) is 17.3. The average Bonchev–Trinajstić information content (AvgIpc) is 2.71. The topological polar surface area (TPSA) is 62.6 Å². The number of rotatable bonds is 8. The van der Waals surface area contributed by atoms with Crippen molar-refractivity contribution in [1.29, 1.82) is 0 Å². The smallest absolute Gasteiger partial charge is 0.279 e. The van der Waals surface area contributed by atoms with E-state index in [-0.39, 0.29) is 24.9 Å². The number of amides is 2. The van der Waals surface area contributed by atoms with Crippen molar-refractivity contribution in [2.24, 2.45) is 0 Å². The molecule has 0 atom stereocenters. The SMILES string of the molecule is O=C(C[NH+](CC(=O)Nc1ccc(F)cc1)Cc1cccc(Cl)c1)Nc1ccc(F)cc1. The maximum Gasteiger partial charge on any atom is 0.279 e. The Hall–Kier alpha value is -3.29. The van der Waals surface area contributed by atoms with Crippen LogP contribution in [0.2, 0.25) is 5.02 Å². The Kier molecular flexibility index (Phi) is 7.70. The van der Waals surface area contributed by atoms with Gasteiger partial charge in [0.1, 0.15) is 18.2 Å². The number of carbonyl (C=O) groups excluding carboxylic acids is 2. The van der Waals surface area contributed by atoms with E-state index in [0.29, 0.717) is 27.8 Å². The number of carbonyl (C=O) groups is 2. The number of benzene rings is 3. The lowest BCUT2D eigenvalue weighted by Gasteiger charge is -2.19. The minimum Gasteiger partial charge on any atom is -0.321 e. The van der Waals surface area contributed by atoms with Crippen LogP contribution in [0.25, 0.3) is 0 Å². The molecule has 2 amide bonds. The van der Waals surface area contributed by atoms with Crippen LogP contribution in [-0.4, -0.2) is 24.9 Å². The van der Waals surface area contributed by atoms with Gasteiger partial charge < -0.3 is 15.5 Å². The number of hydrogen-bond acceptors (Lipinski definition) is 2. The second kappa shape index (κ2) is 10.7. The molecule has 0 heterocycles. The zero-order valence-electron chi connectivity index (χ0n) is 16.5. The molecule has 0 bridgehead atoms. The van der Waals surface area contributed by atoms with Gasteiger partial charge in [0, 0.05) is 22.0 Å². The van der Waals surface area contributed by atoms with Crippen molar-refractivity contribution in [3.8, 4) is 0 Å². The van der Waals surface area contributed by atoms with Crippen LogP contribution in [0.1, 0.15) is 5.56 Å². The molecule has 5 nitrogen and oxygen atoms in total. The summed E-state index contributed by atoms with van der Waals surface area (Å²) in [6.45, 7) is 0.385. The highest BCUT2D eigenvalue weighted by Crippen LogP contribution is 2.10. The Labute approximate surface area is 183 Å². The van der Waals surface area contributed by atoms with Crippen LogP contribution >= 0.6 is 11.6 Å². The van der Waals surface area contributed by atoms with Crippen LogP contribution in [-0.2, 0) is 16.1 Å². The highest BCUT2D eigenvalue weighted by atomic mass is 35.5. The molecular weight excluding hydrogens is 424 g/mol. The molecule has 0 radical (unpaired) electrons. The second-order valence-electron chi connectivity index (χ2n) is 7.02. The van der Waals surface area contributed by atoms with E-state index >= 15 is 0 Å². The molecule has 3 N–H and O–H groups in total. The summed E-state index contributed by atoms with van der Waals surface area (Å²) in [5.41, 5.74) is 1.79. The quantitative estimate of drug-likeness (QED) is 0.499. The highest BCUT2D eigenvalue weighted by molar-refractivity contribution is 6.30. The maximum absolute atomic E-state index is 13.1. The van der Waals surface area contributed by atoms with E-state index < -0.39 is 11.6 Å². The van der Waals surface area contributed by atoms with E-state index in [4.69, 9.17) is 11.6 Å². The third kappa shape index (κ3) is 7.47. The number of quaternary nitrogens is 1. The first kappa shape index (κ1) is 22.4. The second-order valence-corrected chi connectivity index (χ2v) is 7.46. The fourth-order valence-corrected chi connectivity index (χ4v) is 3.27. The van der Waals surface area contributed by atoms with Gasteiger partial charge in [-0.15, -0.1) is 0 Å². The largest absolute Gasteiger partial charge is 0.321 e. The van der Waals surface area contributed by atoms with Gasteiger partial charge >= 0.3 is 0 Å². The van der Waals surface area contributed by atoms with Crippen LogP contribution in [0.15, 0.2) is 72.8 Å². The van der Waals surface area contributed by atoms with Crippen molar-refractivity contribution < 1.29 is 23.3 Å². The summed E-state index contributed by atoms with van der Waals surface area (Å²) in [6, 6.07) is 18.0. The Morgan fingerprint density at radius 2 is 1.26 bits per heavy atom. The van der Waals surface area contributed by atoms with Crippen molar-refractivity contribution in [3.63, 3.8) is 0 Å². The molecule has 0 unspecified atom stereocenters. The number of nitrogens with one attached hydrogen (secondary N) is 3. The lowest BCUT2D eigenvalue weighted by molar-refractivity contribution is -0.897. The van der Waals surface area contributed by atoms with E-state index in [1.165, 1.54) is 48.5 Å². The summed E-state index contributed by atoms with van der Waals surface area (Å²) >= 11 is 6.05. The molecular formula is C23H21ClF2N3O2+. The fourth-order valence-electron chi connectivity index (χ4n) is 3.05. The lowest BCUT2D eigenvalue weighted by atomic mass is 10.2. The highest BCUT2D eigenvalue weighted by Gasteiger charge is 2.19. The Morgan fingerprint density at radius 3 is 1.71 bits per heavy atom. The van der Waals surface area contributed by atoms with Gasteiger partial charge in [-0.1, -0.05) is 23.7 Å². The Balaban J connectivity index is 1.67. The molecule has 3 aromatic rings. The van der Waals surface area contributed by atoms with Gasteiger partial charge in [0.15, 0.2) is 13.1 Å². The normalized spacial score (nSPS) is 10.7. The average molecular weight is 445 g/mol. The molecule has 0 aromatic heterocycles. The minimum absolute atomic E-state index is 0.000722. The molecule has 0 aliphatic rings. The predicted molar refractivity (Wildman–Crippen MR) is 116 cm³/mol. The van der Waals surface area contributed by atoms with E-state index in [9.17, 15) is 18.4 Å². The van der Waals surface area contributed by atoms with E-state index in [1.807, 2.05) is 6.07 Å². The summed E-state index contributed by atoms with van der Waals surface area (Å²) in [5.74, 6) is -1.44. The van der Waals surface area contributed by atoms with Gasteiger partial charge in [-0.25, -0.2) is 8.78 Å². The first-order valence-corrected chi connectivity index (χ1v) is 9.94. The van der Waals surface area contributed by atoms with Gasteiger partial charge in [0.2, 0.25) is 0 Å².